The molecule has 2 aromatic carbocycles. The Labute approximate surface area is 155 Å². The Balaban J connectivity index is 1.69. The highest BCUT2D eigenvalue weighted by atomic mass is 16.7. The van der Waals surface area contributed by atoms with Gasteiger partial charge in [-0.3, -0.25) is 9.69 Å². The zero-order valence-electron chi connectivity index (χ0n) is 15.6. The molecule has 4 nitrogen and oxygen atoms in total. The fraction of sp³-hybridized carbons (Fsp3) is 0.409. The molecule has 2 aromatic rings. The molecule has 1 unspecified atom stereocenters. The molecular formula is C22H27NO3. The highest BCUT2D eigenvalue weighted by molar-refractivity contribution is 6.00. The number of nitrogens with zero attached hydrogens (tertiary/aromatic N) is 1. The van der Waals surface area contributed by atoms with E-state index in [9.17, 15) is 4.79 Å². The van der Waals surface area contributed by atoms with Gasteiger partial charge in [0.25, 0.3) is 0 Å². The van der Waals surface area contributed by atoms with E-state index in [1.165, 1.54) is 0 Å². The molecule has 0 aromatic heterocycles. The van der Waals surface area contributed by atoms with Crippen molar-refractivity contribution in [2.24, 2.45) is 5.92 Å². The second-order valence-electron chi connectivity index (χ2n) is 6.52. The van der Waals surface area contributed by atoms with Crippen LogP contribution in [-0.2, 0) is 14.3 Å². The van der Waals surface area contributed by atoms with Crippen molar-refractivity contribution in [1.29, 1.82) is 0 Å². The van der Waals surface area contributed by atoms with E-state index in [0.29, 0.717) is 25.6 Å². The number of rotatable bonds is 9. The summed E-state index contributed by atoms with van der Waals surface area (Å²) in [4.78, 5) is 14.8. The molecule has 1 saturated carbocycles. The van der Waals surface area contributed by atoms with Crippen LogP contribution in [0.25, 0.3) is 0 Å². The van der Waals surface area contributed by atoms with Crippen LogP contribution in [0.4, 0.5) is 11.4 Å². The van der Waals surface area contributed by atoms with E-state index in [4.69, 9.17) is 9.47 Å². The monoisotopic (exact) mass is 353 g/mol. The van der Waals surface area contributed by atoms with Crippen LogP contribution in [0.2, 0.25) is 0 Å². The number of hydrogen-bond donors (Lipinski definition) is 0. The van der Waals surface area contributed by atoms with E-state index in [2.05, 4.69) is 0 Å². The molecule has 0 heterocycles. The lowest BCUT2D eigenvalue weighted by Crippen LogP contribution is -2.27. The molecule has 0 spiro atoms. The summed E-state index contributed by atoms with van der Waals surface area (Å²) in [5.41, 5.74) is 1.78. The second kappa shape index (κ2) is 8.47. The van der Waals surface area contributed by atoms with Crippen molar-refractivity contribution in [2.45, 2.75) is 38.9 Å². The van der Waals surface area contributed by atoms with Crippen molar-refractivity contribution in [3.63, 3.8) is 0 Å². The van der Waals surface area contributed by atoms with Crippen LogP contribution >= 0.6 is 0 Å². The number of amides is 1. The topological polar surface area (TPSA) is 38.8 Å². The van der Waals surface area contributed by atoms with Gasteiger partial charge in [-0.15, -0.1) is 0 Å². The molecule has 26 heavy (non-hydrogen) atoms. The van der Waals surface area contributed by atoms with Crippen LogP contribution in [0.15, 0.2) is 60.7 Å². The van der Waals surface area contributed by atoms with Gasteiger partial charge in [-0.1, -0.05) is 36.4 Å². The standard InChI is InChI=1S/C22H27NO3/c1-3-25-22(26-4-2)17-18(22)15-16-21(24)23(19-11-7-5-8-12-19)20-13-9-6-10-14-20/h5-14,18H,3-4,15-17H2,1-2H3. The maximum absolute atomic E-state index is 13.0. The summed E-state index contributed by atoms with van der Waals surface area (Å²) in [5, 5.41) is 0. The van der Waals surface area contributed by atoms with Gasteiger partial charge in [0.15, 0.2) is 5.79 Å². The van der Waals surface area contributed by atoms with Crippen molar-refractivity contribution in [3.05, 3.63) is 60.7 Å². The maximum atomic E-state index is 13.0. The first-order valence-electron chi connectivity index (χ1n) is 9.41. The molecule has 0 radical (unpaired) electrons. The number of carbonyl (C=O) groups excluding carboxylic acids is 1. The summed E-state index contributed by atoms with van der Waals surface area (Å²) in [5.74, 6) is -0.0790. The van der Waals surface area contributed by atoms with Crippen LogP contribution in [0, 0.1) is 5.92 Å². The van der Waals surface area contributed by atoms with Gasteiger partial charge >= 0.3 is 0 Å². The summed E-state index contributed by atoms with van der Waals surface area (Å²) < 4.78 is 11.6. The van der Waals surface area contributed by atoms with Crippen LogP contribution in [0.3, 0.4) is 0 Å². The minimum absolute atomic E-state index is 0.0937. The smallest absolute Gasteiger partial charge is 0.231 e. The average Bonchev–Trinajstić information content (AvgIpc) is 3.35. The number of ether oxygens (including phenoxy) is 2. The molecule has 4 heteroatoms. The van der Waals surface area contributed by atoms with Gasteiger partial charge in [0.2, 0.25) is 5.91 Å². The van der Waals surface area contributed by atoms with Gasteiger partial charge in [0.1, 0.15) is 0 Å². The molecule has 1 atom stereocenters. The SMILES string of the molecule is CCOC1(OCC)CC1CCC(=O)N(c1ccccc1)c1ccccc1. The maximum Gasteiger partial charge on any atom is 0.231 e. The predicted octanol–water partition coefficient (Wildman–Crippen LogP) is 4.92. The number of carbonyl (C=O) groups is 1. The lowest BCUT2D eigenvalue weighted by molar-refractivity contribution is -0.171. The lowest BCUT2D eigenvalue weighted by Gasteiger charge is -2.23. The fourth-order valence-electron chi connectivity index (χ4n) is 3.49. The largest absolute Gasteiger partial charge is 0.350 e. The van der Waals surface area contributed by atoms with Crippen LogP contribution < -0.4 is 4.90 Å². The van der Waals surface area contributed by atoms with Gasteiger partial charge in [-0.05, 0) is 44.5 Å². The third-order valence-electron chi connectivity index (χ3n) is 4.75. The number of hydrogen-bond acceptors (Lipinski definition) is 3. The molecule has 3 rings (SSSR count). The molecule has 1 amide bonds. The minimum Gasteiger partial charge on any atom is -0.350 e. The molecular weight excluding hydrogens is 326 g/mol. The van der Waals surface area contributed by atoms with Gasteiger partial charge < -0.3 is 9.47 Å². The second-order valence-corrected chi connectivity index (χ2v) is 6.52. The lowest BCUT2D eigenvalue weighted by atomic mass is 10.1. The van der Waals surface area contributed by atoms with Crippen LogP contribution in [0.5, 0.6) is 0 Å². The summed E-state index contributed by atoms with van der Waals surface area (Å²) in [6.45, 7) is 5.22. The van der Waals surface area contributed by atoms with E-state index in [1.807, 2.05) is 74.5 Å². The highest BCUT2D eigenvalue weighted by Crippen LogP contribution is 2.50. The number of benzene rings is 2. The number of para-hydroxylation sites is 2. The molecule has 1 aliphatic rings. The molecule has 1 aliphatic carbocycles. The van der Waals surface area contributed by atoms with Gasteiger partial charge in [0.05, 0.1) is 0 Å². The molecule has 0 N–H and O–H groups in total. The summed E-state index contributed by atoms with van der Waals surface area (Å²) in [6, 6.07) is 19.6. The molecule has 0 bridgehead atoms. The van der Waals surface area contributed by atoms with E-state index in [0.717, 1.165) is 24.2 Å². The zero-order chi connectivity index (χ0) is 18.4. The Hall–Kier alpha value is -2.17. The van der Waals surface area contributed by atoms with E-state index >= 15 is 0 Å². The third-order valence-corrected chi connectivity index (χ3v) is 4.75. The third kappa shape index (κ3) is 4.14. The normalized spacial score (nSPS) is 17.7. The first-order valence-corrected chi connectivity index (χ1v) is 9.41. The summed E-state index contributed by atoms with van der Waals surface area (Å²) in [6.07, 6.45) is 2.12. The van der Waals surface area contributed by atoms with Crippen LogP contribution in [0.1, 0.15) is 33.1 Å². The van der Waals surface area contributed by atoms with Crippen LogP contribution in [-0.4, -0.2) is 24.9 Å². The Morgan fingerprint density at radius 3 is 1.92 bits per heavy atom. The Kier molecular flexibility index (Phi) is 6.07. The molecule has 0 aliphatic heterocycles. The average molecular weight is 353 g/mol. The summed E-state index contributed by atoms with van der Waals surface area (Å²) in [7, 11) is 0. The fourth-order valence-corrected chi connectivity index (χ4v) is 3.49. The molecule has 0 saturated heterocycles. The van der Waals surface area contributed by atoms with Gasteiger partial charge in [-0.25, -0.2) is 0 Å². The van der Waals surface area contributed by atoms with Crippen molar-refractivity contribution < 1.29 is 14.3 Å². The van der Waals surface area contributed by atoms with Crippen molar-refractivity contribution in [2.75, 3.05) is 18.1 Å². The van der Waals surface area contributed by atoms with Gasteiger partial charge in [0, 0.05) is 43.3 Å². The first kappa shape index (κ1) is 18.6. The predicted molar refractivity (Wildman–Crippen MR) is 103 cm³/mol. The minimum atomic E-state index is -0.464. The van der Waals surface area contributed by atoms with Crippen molar-refractivity contribution in [1.82, 2.24) is 0 Å². The highest BCUT2D eigenvalue weighted by Gasteiger charge is 2.56. The zero-order valence-corrected chi connectivity index (χ0v) is 15.6. The Morgan fingerprint density at radius 1 is 0.962 bits per heavy atom. The molecule has 138 valence electrons. The Bertz CT molecular complexity index is 656. The molecule has 1 fully saturated rings. The summed E-state index contributed by atoms with van der Waals surface area (Å²) >= 11 is 0. The first-order chi connectivity index (χ1) is 12.7. The quantitative estimate of drug-likeness (QED) is 0.601. The van der Waals surface area contributed by atoms with E-state index in [-0.39, 0.29) is 5.91 Å². The number of anilines is 2. The van der Waals surface area contributed by atoms with Crippen molar-refractivity contribution >= 4 is 17.3 Å². The van der Waals surface area contributed by atoms with Crippen molar-refractivity contribution in [3.8, 4) is 0 Å². The van der Waals surface area contributed by atoms with E-state index in [1.54, 1.807) is 4.90 Å². The van der Waals surface area contributed by atoms with E-state index < -0.39 is 5.79 Å². The van der Waals surface area contributed by atoms with Gasteiger partial charge in [-0.2, -0.15) is 0 Å². The Morgan fingerprint density at radius 2 is 1.46 bits per heavy atom.